The molecular formula is C25H24F3N3O6S. The average Bonchev–Trinajstić information content (AvgIpc) is 2.82. The molecule has 0 heterocycles. The van der Waals surface area contributed by atoms with Crippen LogP contribution in [0.5, 0.6) is 11.5 Å². The van der Waals surface area contributed by atoms with E-state index in [9.17, 15) is 31.2 Å². The standard InChI is InChI=1S/C25H24F3N3O6S/c1-3-36-21-15-18(30-24(33)23(29-16(2)32)17-8-5-4-6-9-17)12-13-22(21)38(34,35)31-19-10-7-11-20(14-19)37-25(26,27)28/h4-15,23,31H,3H2,1-2H3,(H,29,32)(H,30,33)/t23-/m0/s1. The fourth-order valence-electron chi connectivity index (χ4n) is 3.41. The van der Waals surface area contributed by atoms with E-state index >= 15 is 0 Å². The Bertz CT molecular complexity index is 1400. The van der Waals surface area contributed by atoms with Crippen LogP contribution in [0.4, 0.5) is 24.5 Å². The molecule has 3 rings (SSSR count). The summed E-state index contributed by atoms with van der Waals surface area (Å²) in [6.07, 6.45) is -4.95. The van der Waals surface area contributed by atoms with Gasteiger partial charge in [-0.3, -0.25) is 14.3 Å². The van der Waals surface area contributed by atoms with Crippen molar-refractivity contribution in [3.8, 4) is 11.5 Å². The maximum Gasteiger partial charge on any atom is 0.573 e. The quantitative estimate of drug-likeness (QED) is 0.339. The molecule has 1 atom stereocenters. The van der Waals surface area contributed by atoms with E-state index in [1.54, 1.807) is 37.3 Å². The Morgan fingerprint density at radius 1 is 0.947 bits per heavy atom. The lowest BCUT2D eigenvalue weighted by molar-refractivity contribution is -0.274. The zero-order valence-electron chi connectivity index (χ0n) is 20.2. The summed E-state index contributed by atoms with van der Waals surface area (Å²) in [4.78, 5) is 24.3. The lowest BCUT2D eigenvalue weighted by Crippen LogP contribution is -2.35. The Labute approximate surface area is 217 Å². The van der Waals surface area contributed by atoms with Crippen LogP contribution in [0.2, 0.25) is 0 Å². The molecule has 0 aliphatic carbocycles. The number of anilines is 2. The number of ether oxygens (including phenoxy) is 2. The Balaban J connectivity index is 1.86. The molecule has 0 bridgehead atoms. The maximum atomic E-state index is 13.1. The van der Waals surface area contributed by atoms with Crippen LogP contribution in [0.3, 0.4) is 0 Å². The van der Waals surface area contributed by atoms with E-state index in [0.29, 0.717) is 5.56 Å². The van der Waals surface area contributed by atoms with E-state index in [1.807, 2.05) is 0 Å². The van der Waals surface area contributed by atoms with Crippen LogP contribution in [0.25, 0.3) is 0 Å². The predicted molar refractivity (Wildman–Crippen MR) is 133 cm³/mol. The van der Waals surface area contributed by atoms with Crippen molar-refractivity contribution in [1.82, 2.24) is 5.32 Å². The van der Waals surface area contributed by atoms with Gasteiger partial charge in [0.15, 0.2) is 0 Å². The molecule has 3 aromatic carbocycles. The van der Waals surface area contributed by atoms with E-state index in [0.717, 1.165) is 12.1 Å². The van der Waals surface area contributed by atoms with E-state index < -0.39 is 40.0 Å². The summed E-state index contributed by atoms with van der Waals surface area (Å²) in [7, 11) is -4.33. The van der Waals surface area contributed by atoms with Gasteiger partial charge in [-0.2, -0.15) is 0 Å². The molecule has 202 valence electrons. The molecule has 0 spiro atoms. The molecule has 0 aliphatic heterocycles. The van der Waals surface area contributed by atoms with Crippen LogP contribution in [-0.4, -0.2) is 33.2 Å². The molecule has 0 aromatic heterocycles. The monoisotopic (exact) mass is 551 g/mol. The minimum Gasteiger partial charge on any atom is -0.492 e. The average molecular weight is 552 g/mol. The third-order valence-corrected chi connectivity index (χ3v) is 6.28. The second-order valence-electron chi connectivity index (χ2n) is 7.81. The van der Waals surface area contributed by atoms with Gasteiger partial charge in [0.1, 0.15) is 22.4 Å². The highest BCUT2D eigenvalue weighted by Gasteiger charge is 2.31. The van der Waals surface area contributed by atoms with Gasteiger partial charge in [-0.1, -0.05) is 36.4 Å². The summed E-state index contributed by atoms with van der Waals surface area (Å²) in [6.45, 7) is 2.97. The van der Waals surface area contributed by atoms with Crippen LogP contribution in [0.1, 0.15) is 25.5 Å². The van der Waals surface area contributed by atoms with Gasteiger partial charge < -0.3 is 20.1 Å². The van der Waals surface area contributed by atoms with Gasteiger partial charge in [-0.05, 0) is 36.8 Å². The number of amides is 2. The Kier molecular flexibility index (Phi) is 8.84. The molecule has 9 nitrogen and oxygen atoms in total. The third kappa shape index (κ3) is 7.87. The van der Waals surface area contributed by atoms with Crippen LogP contribution in [-0.2, 0) is 19.6 Å². The number of hydrogen-bond acceptors (Lipinski definition) is 6. The molecule has 0 saturated carbocycles. The summed E-state index contributed by atoms with van der Waals surface area (Å²) in [6, 6.07) is 15.6. The summed E-state index contributed by atoms with van der Waals surface area (Å²) >= 11 is 0. The van der Waals surface area contributed by atoms with Crippen molar-refractivity contribution in [3.63, 3.8) is 0 Å². The molecule has 3 N–H and O–H groups in total. The van der Waals surface area contributed by atoms with Crippen LogP contribution in [0.15, 0.2) is 77.7 Å². The minimum absolute atomic E-state index is 0.0767. The molecule has 0 saturated heterocycles. The summed E-state index contributed by atoms with van der Waals surface area (Å²) < 4.78 is 75.2. The number of carbonyl (C=O) groups excluding carboxylic acids is 2. The topological polar surface area (TPSA) is 123 Å². The van der Waals surface area contributed by atoms with Gasteiger partial charge in [0.25, 0.3) is 15.9 Å². The highest BCUT2D eigenvalue weighted by molar-refractivity contribution is 7.92. The van der Waals surface area contributed by atoms with Crippen molar-refractivity contribution in [2.45, 2.75) is 31.1 Å². The van der Waals surface area contributed by atoms with Crippen molar-refractivity contribution in [2.24, 2.45) is 0 Å². The first kappa shape index (κ1) is 28.3. The van der Waals surface area contributed by atoms with E-state index in [4.69, 9.17) is 4.74 Å². The Morgan fingerprint density at radius 2 is 1.66 bits per heavy atom. The molecule has 0 aliphatic rings. The lowest BCUT2D eigenvalue weighted by Gasteiger charge is -2.19. The second kappa shape index (κ2) is 11.9. The number of carbonyl (C=O) groups is 2. The predicted octanol–water partition coefficient (Wildman–Crippen LogP) is 4.60. The highest BCUT2D eigenvalue weighted by Crippen LogP contribution is 2.31. The molecule has 0 fully saturated rings. The molecule has 0 unspecified atom stereocenters. The number of alkyl halides is 3. The number of rotatable bonds is 10. The summed E-state index contributed by atoms with van der Waals surface area (Å²) in [5.74, 6) is -1.73. The van der Waals surface area contributed by atoms with Gasteiger partial charge in [0, 0.05) is 24.7 Å². The number of nitrogens with one attached hydrogen (secondary N) is 3. The van der Waals surface area contributed by atoms with E-state index in [2.05, 4.69) is 20.1 Å². The van der Waals surface area contributed by atoms with Gasteiger partial charge in [-0.15, -0.1) is 13.2 Å². The molecule has 2 amide bonds. The largest absolute Gasteiger partial charge is 0.573 e. The van der Waals surface area contributed by atoms with Crippen LogP contribution < -0.4 is 24.8 Å². The van der Waals surface area contributed by atoms with Crippen molar-refractivity contribution < 1.29 is 40.7 Å². The third-order valence-electron chi connectivity index (χ3n) is 4.86. The van der Waals surface area contributed by atoms with Crippen LogP contribution >= 0.6 is 0 Å². The normalized spacial score (nSPS) is 12.2. The maximum absolute atomic E-state index is 13.1. The smallest absolute Gasteiger partial charge is 0.492 e. The first-order valence-corrected chi connectivity index (χ1v) is 12.6. The highest BCUT2D eigenvalue weighted by atomic mass is 32.2. The minimum atomic E-state index is -4.95. The zero-order chi connectivity index (χ0) is 27.9. The number of sulfonamides is 1. The van der Waals surface area contributed by atoms with Gasteiger partial charge in [0.2, 0.25) is 5.91 Å². The van der Waals surface area contributed by atoms with Crippen molar-refractivity contribution in [2.75, 3.05) is 16.6 Å². The van der Waals surface area contributed by atoms with Crippen molar-refractivity contribution in [3.05, 3.63) is 78.4 Å². The number of benzene rings is 3. The first-order chi connectivity index (χ1) is 17.9. The van der Waals surface area contributed by atoms with E-state index in [-0.39, 0.29) is 28.6 Å². The van der Waals surface area contributed by atoms with Crippen LogP contribution in [0, 0.1) is 0 Å². The van der Waals surface area contributed by atoms with Gasteiger partial charge >= 0.3 is 6.36 Å². The Hall–Kier alpha value is -4.26. The van der Waals surface area contributed by atoms with Crippen molar-refractivity contribution >= 4 is 33.2 Å². The SMILES string of the molecule is CCOc1cc(NC(=O)[C@@H](NC(C)=O)c2ccccc2)ccc1S(=O)(=O)Nc1cccc(OC(F)(F)F)c1. The molecule has 13 heteroatoms. The summed E-state index contributed by atoms with van der Waals surface area (Å²) in [5, 5.41) is 5.20. The van der Waals surface area contributed by atoms with Gasteiger partial charge in [0.05, 0.1) is 12.3 Å². The zero-order valence-corrected chi connectivity index (χ0v) is 21.0. The fraction of sp³-hybridized carbons (Fsp3) is 0.200. The Morgan fingerprint density at radius 3 is 2.29 bits per heavy atom. The first-order valence-electron chi connectivity index (χ1n) is 11.2. The summed E-state index contributed by atoms with van der Waals surface area (Å²) in [5.41, 5.74) is 0.544. The number of halogens is 3. The van der Waals surface area contributed by atoms with Gasteiger partial charge in [-0.25, -0.2) is 8.42 Å². The second-order valence-corrected chi connectivity index (χ2v) is 9.46. The lowest BCUT2D eigenvalue weighted by atomic mass is 10.1. The van der Waals surface area contributed by atoms with E-state index in [1.165, 1.54) is 37.3 Å². The molecular weight excluding hydrogens is 527 g/mol. The number of hydrogen-bond donors (Lipinski definition) is 3. The molecule has 38 heavy (non-hydrogen) atoms. The van der Waals surface area contributed by atoms with Crippen molar-refractivity contribution in [1.29, 1.82) is 0 Å². The molecule has 0 radical (unpaired) electrons. The molecule has 3 aromatic rings. The fourth-order valence-corrected chi connectivity index (χ4v) is 4.58.